The van der Waals surface area contributed by atoms with E-state index in [1.165, 1.54) is 38.5 Å². The Morgan fingerprint density at radius 1 is 1.12 bits per heavy atom. The fraction of sp³-hybridized carbons (Fsp3) is 0.923. The Hall–Kier alpha value is -0.610. The molecule has 2 fully saturated rings. The third-order valence-corrected chi connectivity index (χ3v) is 4.18. The molecule has 1 saturated heterocycles. The zero-order chi connectivity index (χ0) is 12.1. The number of primary amides is 1. The molecule has 0 spiro atoms. The minimum atomic E-state index is -0.112. The summed E-state index contributed by atoms with van der Waals surface area (Å²) in [6.07, 6.45) is 7.53. The minimum Gasteiger partial charge on any atom is -0.368 e. The van der Waals surface area contributed by atoms with Crippen LogP contribution < -0.4 is 11.1 Å². The molecule has 1 aliphatic heterocycles. The average molecular weight is 239 g/mol. The molecule has 0 radical (unpaired) electrons. The highest BCUT2D eigenvalue weighted by atomic mass is 16.1. The number of nitrogens with two attached hydrogens (primary N) is 1. The number of hydrogen-bond donors (Lipinski definition) is 2. The maximum Gasteiger partial charge on any atom is 0.235 e. The molecular formula is C13H25N3O. The largest absolute Gasteiger partial charge is 0.368 e. The van der Waals surface area contributed by atoms with Crippen LogP contribution in [0.2, 0.25) is 0 Å². The summed E-state index contributed by atoms with van der Waals surface area (Å²) in [6, 6.07) is -0.0183. The number of nitrogens with one attached hydrogen (secondary N) is 1. The average Bonchev–Trinajstić information content (AvgIpc) is 2.59. The Labute approximate surface area is 104 Å². The lowest BCUT2D eigenvalue weighted by molar-refractivity contribution is -0.125. The van der Waals surface area contributed by atoms with E-state index in [-0.39, 0.29) is 11.9 Å². The number of piperazine rings is 1. The predicted octanol–water partition coefficient (Wildman–Crippen LogP) is 0.716. The third-order valence-electron chi connectivity index (χ3n) is 4.18. The van der Waals surface area contributed by atoms with E-state index in [1.54, 1.807) is 0 Å². The van der Waals surface area contributed by atoms with Crippen LogP contribution >= 0.6 is 0 Å². The van der Waals surface area contributed by atoms with Crippen molar-refractivity contribution in [3.05, 3.63) is 0 Å². The van der Waals surface area contributed by atoms with Crippen LogP contribution in [0.15, 0.2) is 0 Å². The Morgan fingerprint density at radius 2 is 1.71 bits per heavy atom. The molecule has 3 N–H and O–H groups in total. The molecule has 1 amide bonds. The topological polar surface area (TPSA) is 58.4 Å². The molecule has 0 bridgehead atoms. The van der Waals surface area contributed by atoms with Gasteiger partial charge in [0.15, 0.2) is 0 Å². The molecule has 1 aliphatic carbocycles. The van der Waals surface area contributed by atoms with Gasteiger partial charge >= 0.3 is 0 Å². The van der Waals surface area contributed by atoms with Crippen molar-refractivity contribution in [2.24, 2.45) is 11.7 Å². The first-order chi connectivity index (χ1) is 8.29. The van der Waals surface area contributed by atoms with Crippen molar-refractivity contribution in [2.45, 2.75) is 44.6 Å². The van der Waals surface area contributed by atoms with E-state index in [1.807, 2.05) is 0 Å². The number of nitrogens with zero attached hydrogens (tertiary/aromatic N) is 1. The van der Waals surface area contributed by atoms with Crippen LogP contribution in [0.1, 0.15) is 38.5 Å². The van der Waals surface area contributed by atoms with Crippen molar-refractivity contribution in [3.63, 3.8) is 0 Å². The molecule has 1 unspecified atom stereocenters. The highest BCUT2D eigenvalue weighted by Gasteiger charge is 2.32. The van der Waals surface area contributed by atoms with Crippen LogP contribution in [0.25, 0.3) is 0 Å². The van der Waals surface area contributed by atoms with Crippen LogP contribution in [0.3, 0.4) is 0 Å². The Kier molecular flexibility index (Phi) is 4.80. The quantitative estimate of drug-likeness (QED) is 0.713. The van der Waals surface area contributed by atoms with Gasteiger partial charge in [-0.25, -0.2) is 0 Å². The Bertz CT molecular complexity index is 243. The van der Waals surface area contributed by atoms with Crippen LogP contribution in [0, 0.1) is 5.92 Å². The molecule has 4 heteroatoms. The van der Waals surface area contributed by atoms with E-state index in [9.17, 15) is 4.79 Å². The summed E-state index contributed by atoms with van der Waals surface area (Å²) >= 11 is 0. The summed E-state index contributed by atoms with van der Waals surface area (Å²) in [5.74, 6) is 0.381. The highest BCUT2D eigenvalue weighted by molar-refractivity contribution is 5.80. The van der Waals surface area contributed by atoms with Crippen molar-refractivity contribution in [3.8, 4) is 0 Å². The lowest BCUT2D eigenvalue weighted by atomic mass is 9.90. The summed E-state index contributed by atoms with van der Waals surface area (Å²) in [6.45, 7) is 3.89. The van der Waals surface area contributed by atoms with E-state index >= 15 is 0 Å². The summed E-state index contributed by atoms with van der Waals surface area (Å²) < 4.78 is 0. The Morgan fingerprint density at radius 3 is 2.24 bits per heavy atom. The smallest absolute Gasteiger partial charge is 0.235 e. The number of carbonyl (C=O) groups is 1. The van der Waals surface area contributed by atoms with Gasteiger partial charge in [0.05, 0.1) is 6.04 Å². The number of amides is 1. The van der Waals surface area contributed by atoms with Gasteiger partial charge < -0.3 is 11.1 Å². The number of carbonyl (C=O) groups excluding carboxylic acids is 1. The summed E-state index contributed by atoms with van der Waals surface area (Å²) in [5, 5.41) is 3.33. The molecule has 0 aromatic heterocycles. The maximum absolute atomic E-state index is 11.8. The standard InChI is InChI=1S/C13H25N3O/c14-13(17)12(16-9-7-15-8-10-16)11-5-3-1-2-4-6-11/h11-12,15H,1-10H2,(H2,14,17). The predicted molar refractivity (Wildman–Crippen MR) is 68.6 cm³/mol. The van der Waals surface area contributed by atoms with Gasteiger partial charge in [-0.1, -0.05) is 25.7 Å². The van der Waals surface area contributed by atoms with E-state index in [0.717, 1.165) is 26.2 Å². The summed E-state index contributed by atoms with van der Waals surface area (Å²) in [7, 11) is 0. The summed E-state index contributed by atoms with van der Waals surface area (Å²) in [5.41, 5.74) is 5.65. The monoisotopic (exact) mass is 239 g/mol. The van der Waals surface area contributed by atoms with Gasteiger partial charge in [-0.05, 0) is 18.8 Å². The van der Waals surface area contributed by atoms with Crippen molar-refractivity contribution in [1.29, 1.82) is 0 Å². The van der Waals surface area contributed by atoms with Gasteiger partial charge in [0, 0.05) is 26.2 Å². The molecule has 1 atom stereocenters. The van der Waals surface area contributed by atoms with Gasteiger partial charge in [-0.3, -0.25) is 9.69 Å². The normalized spacial score (nSPS) is 26.4. The molecule has 2 aliphatic rings. The van der Waals surface area contributed by atoms with Gasteiger partial charge in [0.1, 0.15) is 0 Å². The molecule has 17 heavy (non-hydrogen) atoms. The molecular weight excluding hydrogens is 214 g/mol. The molecule has 1 heterocycles. The lowest BCUT2D eigenvalue weighted by Crippen LogP contribution is -2.55. The number of rotatable bonds is 3. The Balaban J connectivity index is 2.01. The zero-order valence-electron chi connectivity index (χ0n) is 10.7. The zero-order valence-corrected chi connectivity index (χ0v) is 10.7. The van der Waals surface area contributed by atoms with Crippen LogP contribution in [0.4, 0.5) is 0 Å². The first-order valence-corrected chi connectivity index (χ1v) is 7.03. The van der Waals surface area contributed by atoms with Gasteiger partial charge in [0.2, 0.25) is 5.91 Å². The second kappa shape index (κ2) is 6.36. The lowest BCUT2D eigenvalue weighted by Gasteiger charge is -2.37. The van der Waals surface area contributed by atoms with Gasteiger partial charge in [0.25, 0.3) is 0 Å². The van der Waals surface area contributed by atoms with E-state index in [4.69, 9.17) is 5.73 Å². The van der Waals surface area contributed by atoms with Crippen molar-refractivity contribution in [2.75, 3.05) is 26.2 Å². The van der Waals surface area contributed by atoms with Crippen LogP contribution in [0.5, 0.6) is 0 Å². The second-order valence-corrected chi connectivity index (χ2v) is 5.38. The van der Waals surface area contributed by atoms with E-state index in [0.29, 0.717) is 5.92 Å². The SMILES string of the molecule is NC(=O)C(C1CCCCCC1)N1CCNCC1. The fourth-order valence-corrected chi connectivity index (χ4v) is 3.30. The first-order valence-electron chi connectivity index (χ1n) is 7.03. The molecule has 2 rings (SSSR count). The molecule has 4 nitrogen and oxygen atoms in total. The van der Waals surface area contributed by atoms with Crippen LogP contribution in [-0.2, 0) is 4.79 Å². The van der Waals surface area contributed by atoms with Gasteiger partial charge in [-0.15, -0.1) is 0 Å². The molecule has 0 aromatic carbocycles. The van der Waals surface area contributed by atoms with Crippen LogP contribution in [-0.4, -0.2) is 43.0 Å². The second-order valence-electron chi connectivity index (χ2n) is 5.38. The minimum absolute atomic E-state index is 0.0183. The van der Waals surface area contributed by atoms with Gasteiger partial charge in [-0.2, -0.15) is 0 Å². The molecule has 0 aromatic rings. The fourth-order valence-electron chi connectivity index (χ4n) is 3.30. The number of hydrogen-bond acceptors (Lipinski definition) is 3. The summed E-state index contributed by atoms with van der Waals surface area (Å²) in [4.78, 5) is 14.1. The van der Waals surface area contributed by atoms with E-state index < -0.39 is 0 Å². The third kappa shape index (κ3) is 3.42. The van der Waals surface area contributed by atoms with Crippen molar-refractivity contribution < 1.29 is 4.79 Å². The molecule has 98 valence electrons. The molecule has 1 saturated carbocycles. The first kappa shape index (κ1) is 12.8. The maximum atomic E-state index is 11.8. The van der Waals surface area contributed by atoms with E-state index in [2.05, 4.69) is 10.2 Å². The highest BCUT2D eigenvalue weighted by Crippen LogP contribution is 2.28. The van der Waals surface area contributed by atoms with Crippen molar-refractivity contribution >= 4 is 5.91 Å². The van der Waals surface area contributed by atoms with Crippen molar-refractivity contribution in [1.82, 2.24) is 10.2 Å².